The molecule has 2 aliphatic rings. The number of aromatic nitrogens is 2. The molecule has 0 radical (unpaired) electrons. The lowest BCUT2D eigenvalue weighted by atomic mass is 10.1. The Morgan fingerprint density at radius 2 is 1.88 bits per heavy atom. The van der Waals surface area contributed by atoms with Crippen molar-refractivity contribution in [3.8, 4) is 11.5 Å². The zero-order chi connectivity index (χ0) is 16.5. The lowest BCUT2D eigenvalue weighted by Crippen LogP contribution is -2.46. The third-order valence-electron chi connectivity index (χ3n) is 4.70. The highest BCUT2D eigenvalue weighted by Gasteiger charge is 2.25. The highest BCUT2D eigenvalue weighted by molar-refractivity contribution is 5.44. The zero-order valence-electron chi connectivity index (χ0n) is 14.1. The maximum absolute atomic E-state index is 5.56. The van der Waals surface area contributed by atoms with Crippen LogP contribution in [0.2, 0.25) is 0 Å². The summed E-state index contributed by atoms with van der Waals surface area (Å²) in [7, 11) is 0. The van der Waals surface area contributed by atoms with Crippen molar-refractivity contribution in [3.63, 3.8) is 0 Å². The fourth-order valence-corrected chi connectivity index (χ4v) is 3.24. The molecule has 2 aromatic rings. The molecule has 0 unspecified atom stereocenters. The molecule has 1 fully saturated rings. The third kappa shape index (κ3) is 3.09. The third-order valence-corrected chi connectivity index (χ3v) is 4.70. The van der Waals surface area contributed by atoms with Gasteiger partial charge in [0.1, 0.15) is 0 Å². The summed E-state index contributed by atoms with van der Waals surface area (Å²) < 4.78 is 16.4. The summed E-state index contributed by atoms with van der Waals surface area (Å²) in [4.78, 5) is 4.85. The molecule has 0 aliphatic carbocycles. The molecule has 0 saturated carbocycles. The highest BCUT2D eigenvalue weighted by Crippen LogP contribution is 2.33. The summed E-state index contributed by atoms with van der Waals surface area (Å²) in [5.74, 6) is 3.02. The van der Waals surface area contributed by atoms with E-state index >= 15 is 0 Å². The predicted octanol–water partition coefficient (Wildman–Crippen LogP) is 1.99. The van der Waals surface area contributed by atoms with E-state index in [1.54, 1.807) is 0 Å². The van der Waals surface area contributed by atoms with E-state index in [9.17, 15) is 0 Å². The van der Waals surface area contributed by atoms with Crippen molar-refractivity contribution < 1.29 is 13.9 Å². The first-order chi connectivity index (χ1) is 11.7. The van der Waals surface area contributed by atoms with Crippen LogP contribution in [0, 0.1) is 6.92 Å². The Kier molecular flexibility index (Phi) is 4.12. The summed E-state index contributed by atoms with van der Waals surface area (Å²) in [5, 5.41) is 8.07. The van der Waals surface area contributed by atoms with Gasteiger partial charge in [0.05, 0.1) is 6.04 Å². The van der Waals surface area contributed by atoms with Gasteiger partial charge in [0.15, 0.2) is 11.5 Å². The molecule has 7 nitrogen and oxygen atoms in total. The SMILES string of the molecule is Cc1nnc([C@@H](C)N2CCN(Cc3ccc4c(c3)OCO4)CC2)o1. The number of piperazine rings is 1. The Bertz CT molecular complexity index is 710. The zero-order valence-corrected chi connectivity index (χ0v) is 14.1. The average molecular weight is 330 g/mol. The number of aryl methyl sites for hydroxylation is 1. The fraction of sp³-hybridized carbons (Fsp3) is 0.529. The molecule has 24 heavy (non-hydrogen) atoms. The molecule has 0 amide bonds. The number of benzene rings is 1. The van der Waals surface area contributed by atoms with E-state index in [1.807, 2.05) is 13.0 Å². The molecule has 3 heterocycles. The van der Waals surface area contributed by atoms with Crippen molar-refractivity contribution in [3.05, 3.63) is 35.5 Å². The number of fused-ring (bicyclic) bond motifs is 1. The van der Waals surface area contributed by atoms with Gasteiger partial charge < -0.3 is 13.9 Å². The summed E-state index contributed by atoms with van der Waals surface area (Å²) in [6.07, 6.45) is 0. The van der Waals surface area contributed by atoms with E-state index in [0.29, 0.717) is 18.6 Å². The van der Waals surface area contributed by atoms with Gasteiger partial charge in [-0.2, -0.15) is 0 Å². The van der Waals surface area contributed by atoms with Crippen molar-refractivity contribution in [2.75, 3.05) is 33.0 Å². The number of ether oxygens (including phenoxy) is 2. The van der Waals surface area contributed by atoms with Gasteiger partial charge in [-0.05, 0) is 24.6 Å². The van der Waals surface area contributed by atoms with E-state index in [-0.39, 0.29) is 6.04 Å². The quantitative estimate of drug-likeness (QED) is 0.849. The maximum Gasteiger partial charge on any atom is 0.233 e. The molecule has 1 aromatic carbocycles. The van der Waals surface area contributed by atoms with Crippen LogP contribution in [0.1, 0.15) is 30.3 Å². The second-order valence-electron chi connectivity index (χ2n) is 6.34. The maximum atomic E-state index is 5.56. The molecule has 0 spiro atoms. The van der Waals surface area contributed by atoms with Crippen LogP contribution in [0.3, 0.4) is 0 Å². The van der Waals surface area contributed by atoms with Crippen molar-refractivity contribution in [2.24, 2.45) is 0 Å². The van der Waals surface area contributed by atoms with Crippen LogP contribution in [0.5, 0.6) is 11.5 Å². The summed E-state index contributed by atoms with van der Waals surface area (Å²) in [6.45, 7) is 9.23. The van der Waals surface area contributed by atoms with Crippen molar-refractivity contribution >= 4 is 0 Å². The molecule has 7 heteroatoms. The first kappa shape index (κ1) is 15.4. The van der Waals surface area contributed by atoms with Gasteiger partial charge in [-0.25, -0.2) is 0 Å². The van der Waals surface area contributed by atoms with Crippen LogP contribution in [-0.2, 0) is 6.54 Å². The van der Waals surface area contributed by atoms with Gasteiger partial charge >= 0.3 is 0 Å². The van der Waals surface area contributed by atoms with Gasteiger partial charge in [-0.3, -0.25) is 9.80 Å². The van der Waals surface area contributed by atoms with E-state index in [2.05, 4.69) is 39.1 Å². The van der Waals surface area contributed by atoms with Gasteiger partial charge in [0.2, 0.25) is 18.6 Å². The number of nitrogens with zero attached hydrogens (tertiary/aromatic N) is 4. The minimum atomic E-state index is 0.166. The van der Waals surface area contributed by atoms with Crippen LogP contribution in [-0.4, -0.2) is 53.0 Å². The molecule has 0 N–H and O–H groups in total. The minimum absolute atomic E-state index is 0.166. The standard InChI is InChI=1S/C17H22N4O3/c1-12(17-19-18-13(2)24-17)21-7-5-20(6-8-21)10-14-3-4-15-16(9-14)23-11-22-15/h3-4,9,12H,5-8,10-11H2,1-2H3/t12-/m1/s1. The normalized spacial score (nSPS) is 19.6. The Balaban J connectivity index is 1.33. The largest absolute Gasteiger partial charge is 0.454 e. The Morgan fingerprint density at radius 3 is 2.62 bits per heavy atom. The smallest absolute Gasteiger partial charge is 0.233 e. The molecule has 1 saturated heterocycles. The van der Waals surface area contributed by atoms with Gasteiger partial charge in [-0.1, -0.05) is 6.07 Å². The van der Waals surface area contributed by atoms with Crippen LogP contribution in [0.4, 0.5) is 0 Å². The Hall–Kier alpha value is -2.12. The number of hydrogen-bond donors (Lipinski definition) is 0. The second-order valence-corrected chi connectivity index (χ2v) is 6.34. The molecular weight excluding hydrogens is 308 g/mol. The highest BCUT2D eigenvalue weighted by atomic mass is 16.7. The molecule has 1 atom stereocenters. The summed E-state index contributed by atoms with van der Waals surface area (Å²) in [6, 6.07) is 6.36. The van der Waals surface area contributed by atoms with Gasteiger partial charge in [0, 0.05) is 39.6 Å². The average Bonchev–Trinajstić information content (AvgIpc) is 3.23. The van der Waals surface area contributed by atoms with E-state index in [4.69, 9.17) is 13.9 Å². The second kappa shape index (κ2) is 6.41. The Morgan fingerprint density at radius 1 is 1.08 bits per heavy atom. The fourth-order valence-electron chi connectivity index (χ4n) is 3.24. The number of rotatable bonds is 4. The molecule has 4 rings (SSSR count). The first-order valence-electron chi connectivity index (χ1n) is 8.34. The minimum Gasteiger partial charge on any atom is -0.454 e. The monoisotopic (exact) mass is 330 g/mol. The van der Waals surface area contributed by atoms with Crippen molar-refractivity contribution in [2.45, 2.75) is 26.4 Å². The van der Waals surface area contributed by atoms with E-state index in [0.717, 1.165) is 44.2 Å². The van der Waals surface area contributed by atoms with Gasteiger partial charge in [0.25, 0.3) is 0 Å². The van der Waals surface area contributed by atoms with Crippen LogP contribution >= 0.6 is 0 Å². The van der Waals surface area contributed by atoms with Gasteiger partial charge in [-0.15, -0.1) is 10.2 Å². The van der Waals surface area contributed by atoms with Crippen LogP contribution in [0.15, 0.2) is 22.6 Å². The predicted molar refractivity (Wildman–Crippen MR) is 86.9 cm³/mol. The van der Waals surface area contributed by atoms with E-state index < -0.39 is 0 Å². The Labute approximate surface area is 141 Å². The van der Waals surface area contributed by atoms with E-state index in [1.165, 1.54) is 5.56 Å². The van der Waals surface area contributed by atoms with Crippen LogP contribution < -0.4 is 9.47 Å². The van der Waals surface area contributed by atoms with Crippen LogP contribution in [0.25, 0.3) is 0 Å². The number of hydrogen-bond acceptors (Lipinski definition) is 7. The lowest BCUT2D eigenvalue weighted by Gasteiger charge is -2.36. The molecule has 128 valence electrons. The molecule has 0 bridgehead atoms. The summed E-state index contributed by atoms with van der Waals surface area (Å²) >= 11 is 0. The topological polar surface area (TPSA) is 63.9 Å². The van der Waals surface area contributed by atoms with Crippen molar-refractivity contribution in [1.82, 2.24) is 20.0 Å². The first-order valence-corrected chi connectivity index (χ1v) is 8.34. The molecule has 2 aliphatic heterocycles. The molecule has 1 aromatic heterocycles. The summed E-state index contributed by atoms with van der Waals surface area (Å²) in [5.41, 5.74) is 1.26. The lowest BCUT2D eigenvalue weighted by molar-refractivity contribution is 0.0870. The van der Waals surface area contributed by atoms with Crippen molar-refractivity contribution in [1.29, 1.82) is 0 Å². The molecular formula is C17H22N4O3.